The molecule has 1 aromatic heterocycles. The van der Waals surface area contributed by atoms with Crippen LogP contribution in [0.1, 0.15) is 22.3 Å². The highest BCUT2D eigenvalue weighted by Crippen LogP contribution is 2.42. The van der Waals surface area contributed by atoms with Gasteiger partial charge in [-0.25, -0.2) is 0 Å². The Bertz CT molecular complexity index is 808. The zero-order chi connectivity index (χ0) is 13.7. The van der Waals surface area contributed by atoms with Crippen LogP contribution in [0.4, 0.5) is 0 Å². The topological polar surface area (TPSA) is 15.8 Å². The average molecular weight is 258 g/mol. The minimum absolute atomic E-state index is 1.24. The van der Waals surface area contributed by atoms with Crippen molar-refractivity contribution in [2.75, 3.05) is 0 Å². The normalized spacial score (nSPS) is 12.3. The van der Waals surface area contributed by atoms with Gasteiger partial charge < -0.3 is 4.98 Å². The summed E-state index contributed by atoms with van der Waals surface area (Å²) in [4.78, 5) is 3.43. The predicted octanol–water partition coefficient (Wildman–Crippen LogP) is 4.88. The maximum atomic E-state index is 3.43. The van der Waals surface area contributed by atoms with Crippen molar-refractivity contribution < 1.29 is 0 Å². The fourth-order valence-corrected chi connectivity index (χ4v) is 3.07. The highest BCUT2D eigenvalue weighted by Gasteiger charge is 2.22. The van der Waals surface area contributed by atoms with E-state index in [9.17, 15) is 0 Å². The first-order valence-electron chi connectivity index (χ1n) is 6.98. The first kappa shape index (κ1) is 11.5. The molecule has 0 atom stereocenters. The maximum Gasteiger partial charge on any atom is 0.0489 e. The number of aromatic amines is 1. The minimum Gasteiger partial charge on any atom is -0.361 e. The molecule has 0 fully saturated rings. The van der Waals surface area contributed by atoms with Crippen LogP contribution < -0.4 is 0 Å². The Labute approximate surface area is 119 Å². The molecule has 1 heteroatoms. The van der Waals surface area contributed by atoms with Crippen molar-refractivity contribution in [3.05, 3.63) is 77.3 Å². The molecule has 20 heavy (non-hydrogen) atoms. The molecule has 4 rings (SSSR count). The van der Waals surface area contributed by atoms with Crippen LogP contribution in [-0.2, 0) is 0 Å². The summed E-state index contributed by atoms with van der Waals surface area (Å²) in [6.07, 6.45) is 4.39. The van der Waals surface area contributed by atoms with E-state index in [1.165, 1.54) is 44.6 Å². The van der Waals surface area contributed by atoms with E-state index in [-0.39, 0.29) is 0 Å². The summed E-state index contributed by atoms with van der Waals surface area (Å²) in [5.74, 6) is 0. The number of benzene rings is 2. The van der Waals surface area contributed by atoms with Gasteiger partial charge >= 0.3 is 0 Å². The van der Waals surface area contributed by atoms with Gasteiger partial charge in [0.2, 0.25) is 0 Å². The molecule has 1 nitrogen and oxygen atoms in total. The molecule has 0 saturated carbocycles. The number of aryl methyl sites for hydroxylation is 1. The molecule has 2 aromatic carbocycles. The zero-order valence-corrected chi connectivity index (χ0v) is 11.7. The summed E-state index contributed by atoms with van der Waals surface area (Å²) in [6.45, 7) is 4.33. The lowest BCUT2D eigenvalue weighted by Crippen LogP contribution is -1.88. The second kappa shape index (κ2) is 4.11. The molecule has 0 amide bonds. The van der Waals surface area contributed by atoms with Gasteiger partial charge in [-0.15, -0.1) is 0 Å². The van der Waals surface area contributed by atoms with Crippen LogP contribution in [0.15, 0.2) is 48.7 Å². The molecule has 0 unspecified atom stereocenters. The van der Waals surface area contributed by atoms with Crippen molar-refractivity contribution in [2.24, 2.45) is 0 Å². The van der Waals surface area contributed by atoms with Crippen LogP contribution in [0.25, 0.3) is 22.4 Å². The fourth-order valence-electron chi connectivity index (χ4n) is 3.07. The molecule has 97 valence electrons. The highest BCUT2D eigenvalue weighted by molar-refractivity contribution is 5.88. The summed E-state index contributed by atoms with van der Waals surface area (Å²) in [5.41, 5.74) is 10.5. The third kappa shape index (κ3) is 1.50. The van der Waals surface area contributed by atoms with Crippen LogP contribution in [0.5, 0.6) is 0 Å². The van der Waals surface area contributed by atoms with Gasteiger partial charge in [0.15, 0.2) is 0 Å². The Balaban J connectivity index is 1.96. The van der Waals surface area contributed by atoms with Gasteiger partial charge in [0.05, 0.1) is 0 Å². The first-order valence-corrected chi connectivity index (χ1v) is 6.98. The van der Waals surface area contributed by atoms with Gasteiger partial charge in [-0.3, -0.25) is 0 Å². The monoisotopic (exact) mass is 258 g/mol. The Kier molecular flexibility index (Phi) is 2.37. The highest BCUT2D eigenvalue weighted by atomic mass is 14.7. The fraction of sp³-hybridized carbons (Fsp3) is 0.105. The lowest BCUT2D eigenvalue weighted by Gasteiger charge is -2.08. The molecular weight excluding hydrogens is 242 g/mol. The molecule has 0 saturated heterocycles. The van der Waals surface area contributed by atoms with Crippen LogP contribution in [-0.4, -0.2) is 4.98 Å². The number of nitrogens with one attached hydrogen (secondary N) is 1. The molecule has 3 aromatic rings. The number of rotatable bonds is 1. The van der Waals surface area contributed by atoms with Gasteiger partial charge in [0.25, 0.3) is 0 Å². The number of H-pyrrole nitrogens is 1. The molecular formula is C19H16N. The first-order chi connectivity index (χ1) is 9.75. The van der Waals surface area contributed by atoms with E-state index in [1.807, 2.05) is 0 Å². The van der Waals surface area contributed by atoms with Crippen molar-refractivity contribution in [3.8, 4) is 22.4 Å². The van der Waals surface area contributed by atoms with Gasteiger partial charge in [0, 0.05) is 23.9 Å². The summed E-state index contributed by atoms with van der Waals surface area (Å²) in [7, 11) is 0. The lowest BCUT2D eigenvalue weighted by molar-refractivity contribution is 1.36. The molecule has 1 heterocycles. The van der Waals surface area contributed by atoms with E-state index in [2.05, 4.69) is 73.9 Å². The largest absolute Gasteiger partial charge is 0.361 e. The smallest absolute Gasteiger partial charge is 0.0489 e. The van der Waals surface area contributed by atoms with E-state index in [1.54, 1.807) is 0 Å². The SMILES string of the molecule is Cc1c[nH]c(-c2cccc3c2[CH]c2ccccc2-3)c1C. The quantitative estimate of drug-likeness (QED) is 0.501. The third-order valence-electron chi connectivity index (χ3n) is 4.33. The molecule has 0 spiro atoms. The molecule has 1 aliphatic carbocycles. The number of hydrogen-bond donors (Lipinski definition) is 1. The van der Waals surface area contributed by atoms with E-state index >= 15 is 0 Å². The lowest BCUT2D eigenvalue weighted by atomic mass is 9.97. The molecule has 1 aliphatic rings. The number of aromatic nitrogens is 1. The number of fused-ring (bicyclic) bond motifs is 3. The standard InChI is InChI=1S/C19H16N/c1-12-11-20-19(13(12)2)17-9-5-8-16-15-7-4-3-6-14(15)10-18(16)17/h3-11,20H,1-2H3. The van der Waals surface area contributed by atoms with E-state index in [4.69, 9.17) is 0 Å². The van der Waals surface area contributed by atoms with Crippen molar-refractivity contribution in [1.82, 2.24) is 4.98 Å². The van der Waals surface area contributed by atoms with Gasteiger partial charge in [-0.2, -0.15) is 0 Å². The summed E-state index contributed by atoms with van der Waals surface area (Å²) >= 11 is 0. The van der Waals surface area contributed by atoms with Crippen LogP contribution in [0.2, 0.25) is 0 Å². The molecule has 1 N–H and O–H groups in total. The Morgan fingerprint density at radius 1 is 0.800 bits per heavy atom. The predicted molar refractivity (Wildman–Crippen MR) is 83.6 cm³/mol. The molecule has 1 radical (unpaired) electrons. The van der Waals surface area contributed by atoms with Crippen molar-refractivity contribution in [3.63, 3.8) is 0 Å². The number of hydrogen-bond acceptors (Lipinski definition) is 0. The summed E-state index contributed by atoms with van der Waals surface area (Å²) in [6, 6.07) is 15.2. The Hall–Kier alpha value is -2.28. The van der Waals surface area contributed by atoms with Crippen molar-refractivity contribution >= 4 is 0 Å². The maximum absolute atomic E-state index is 3.43. The van der Waals surface area contributed by atoms with E-state index in [0.29, 0.717) is 0 Å². The molecule has 0 bridgehead atoms. The molecule has 0 aliphatic heterocycles. The zero-order valence-electron chi connectivity index (χ0n) is 11.7. The third-order valence-corrected chi connectivity index (χ3v) is 4.33. The van der Waals surface area contributed by atoms with E-state index < -0.39 is 0 Å². The second-order valence-corrected chi connectivity index (χ2v) is 5.47. The van der Waals surface area contributed by atoms with Crippen LogP contribution in [0.3, 0.4) is 0 Å². The van der Waals surface area contributed by atoms with Crippen molar-refractivity contribution in [1.29, 1.82) is 0 Å². The van der Waals surface area contributed by atoms with Gasteiger partial charge in [-0.05, 0) is 47.2 Å². The van der Waals surface area contributed by atoms with Crippen LogP contribution >= 0.6 is 0 Å². The van der Waals surface area contributed by atoms with Gasteiger partial charge in [-0.1, -0.05) is 42.5 Å². The Morgan fingerprint density at radius 3 is 2.35 bits per heavy atom. The summed E-state index contributed by atoms with van der Waals surface area (Å²) < 4.78 is 0. The second-order valence-electron chi connectivity index (χ2n) is 5.47. The van der Waals surface area contributed by atoms with E-state index in [0.717, 1.165) is 0 Å². The Morgan fingerprint density at radius 2 is 1.55 bits per heavy atom. The van der Waals surface area contributed by atoms with Crippen molar-refractivity contribution in [2.45, 2.75) is 13.8 Å². The van der Waals surface area contributed by atoms with Crippen LogP contribution in [0, 0.1) is 20.3 Å². The minimum atomic E-state index is 1.24. The summed E-state index contributed by atoms with van der Waals surface area (Å²) in [5, 5.41) is 0. The average Bonchev–Trinajstić information content (AvgIpc) is 3.01. The van der Waals surface area contributed by atoms with Gasteiger partial charge in [0.1, 0.15) is 0 Å².